The van der Waals surface area contributed by atoms with Gasteiger partial charge in [-0.2, -0.15) is 0 Å². The van der Waals surface area contributed by atoms with Crippen LogP contribution in [0.25, 0.3) is 0 Å². The van der Waals surface area contributed by atoms with E-state index in [1.165, 1.54) is 27.7 Å². The van der Waals surface area contributed by atoms with Gasteiger partial charge in [0.2, 0.25) is 5.91 Å². The Morgan fingerprint density at radius 2 is 1.60 bits per heavy atom. The fraction of sp³-hybridized carbons (Fsp3) is 0.700. The summed E-state index contributed by atoms with van der Waals surface area (Å²) >= 11 is 0. The van der Waals surface area contributed by atoms with Crippen molar-refractivity contribution in [2.24, 2.45) is 0 Å². The number of hydrogen-bond donors (Lipinski definition) is 1. The monoisotopic (exact) mass is 429 g/mol. The maximum Gasteiger partial charge on any atom is 0.303 e. The van der Waals surface area contributed by atoms with Crippen molar-refractivity contribution in [1.82, 2.24) is 5.32 Å². The van der Waals surface area contributed by atoms with Crippen LogP contribution in [0.5, 0.6) is 0 Å². The molecule has 0 bridgehead atoms. The van der Waals surface area contributed by atoms with Crippen molar-refractivity contribution in [2.75, 3.05) is 13.2 Å². The normalized spacial score (nSPS) is 25.7. The van der Waals surface area contributed by atoms with E-state index in [0.29, 0.717) is 13.0 Å². The van der Waals surface area contributed by atoms with Crippen LogP contribution in [-0.4, -0.2) is 67.7 Å². The standard InChI is InChI=1S/C20H31NO9/c1-6-7-8-9-10-26-20-17(21-12(2)22)19(29-15(5)25)18(28-14(4)24)16(30-20)11-27-13(3)23/h6,16-20H,1,7-11H2,2-5H3,(H,21,22)/t16?,17-,18+,19?,20+/m0/s1. The van der Waals surface area contributed by atoms with Crippen molar-refractivity contribution in [1.29, 1.82) is 0 Å². The van der Waals surface area contributed by atoms with Crippen LogP contribution in [0.2, 0.25) is 0 Å². The molecule has 0 saturated carbocycles. The minimum absolute atomic E-state index is 0.256. The maximum absolute atomic E-state index is 11.8. The summed E-state index contributed by atoms with van der Waals surface area (Å²) in [5.41, 5.74) is 0. The van der Waals surface area contributed by atoms with Crippen molar-refractivity contribution in [2.45, 2.75) is 77.6 Å². The topological polar surface area (TPSA) is 126 Å². The van der Waals surface area contributed by atoms with Crippen molar-refractivity contribution in [3.05, 3.63) is 12.7 Å². The lowest BCUT2D eigenvalue weighted by atomic mass is 9.96. The first kappa shape index (κ1) is 25.6. The lowest BCUT2D eigenvalue weighted by Crippen LogP contribution is -2.66. The van der Waals surface area contributed by atoms with Crippen molar-refractivity contribution < 1.29 is 42.9 Å². The number of unbranched alkanes of at least 4 members (excludes halogenated alkanes) is 2. The molecule has 1 saturated heterocycles. The molecule has 0 aromatic carbocycles. The van der Waals surface area contributed by atoms with E-state index in [1.807, 2.05) is 0 Å². The zero-order valence-corrected chi connectivity index (χ0v) is 17.9. The quantitative estimate of drug-likeness (QED) is 0.222. The average Bonchev–Trinajstić information content (AvgIpc) is 2.63. The van der Waals surface area contributed by atoms with Gasteiger partial charge in [0.15, 0.2) is 18.5 Å². The minimum atomic E-state index is -1.12. The van der Waals surface area contributed by atoms with Crippen LogP contribution in [0, 0.1) is 0 Å². The second-order valence-electron chi connectivity index (χ2n) is 6.88. The van der Waals surface area contributed by atoms with Crippen LogP contribution in [0.4, 0.5) is 0 Å². The Morgan fingerprint density at radius 3 is 2.13 bits per heavy atom. The van der Waals surface area contributed by atoms with Gasteiger partial charge in [-0.1, -0.05) is 6.08 Å². The summed E-state index contributed by atoms with van der Waals surface area (Å²) < 4.78 is 27.4. The Hall–Kier alpha value is -2.46. The number of rotatable bonds is 11. The Bertz CT molecular complexity index is 621. The number of carbonyl (C=O) groups is 4. The van der Waals surface area contributed by atoms with Crippen LogP contribution in [0.1, 0.15) is 47.0 Å². The number of amides is 1. The smallest absolute Gasteiger partial charge is 0.303 e. The van der Waals surface area contributed by atoms with Crippen molar-refractivity contribution in [3.8, 4) is 0 Å². The highest BCUT2D eigenvalue weighted by molar-refractivity contribution is 5.73. The van der Waals surface area contributed by atoms with Gasteiger partial charge in [-0.15, -0.1) is 6.58 Å². The summed E-state index contributed by atoms with van der Waals surface area (Å²) in [6, 6.07) is -0.941. The van der Waals surface area contributed by atoms with Crippen LogP contribution >= 0.6 is 0 Å². The minimum Gasteiger partial charge on any atom is -0.463 e. The first-order valence-corrected chi connectivity index (χ1v) is 9.78. The number of allylic oxidation sites excluding steroid dienone is 1. The molecule has 0 spiro atoms. The summed E-state index contributed by atoms with van der Waals surface area (Å²) in [4.78, 5) is 46.4. The first-order valence-electron chi connectivity index (χ1n) is 9.78. The molecule has 170 valence electrons. The van der Waals surface area contributed by atoms with Gasteiger partial charge in [0.1, 0.15) is 18.8 Å². The van der Waals surface area contributed by atoms with Crippen LogP contribution in [0.3, 0.4) is 0 Å². The third kappa shape index (κ3) is 8.91. The molecule has 1 amide bonds. The van der Waals surface area contributed by atoms with E-state index in [4.69, 9.17) is 23.7 Å². The van der Waals surface area contributed by atoms with Crippen molar-refractivity contribution >= 4 is 23.8 Å². The van der Waals surface area contributed by atoms with E-state index in [9.17, 15) is 19.2 Å². The Balaban J connectivity index is 3.14. The third-order valence-corrected chi connectivity index (χ3v) is 4.16. The molecule has 5 atom stereocenters. The van der Waals surface area contributed by atoms with E-state index >= 15 is 0 Å². The van der Waals surface area contributed by atoms with E-state index in [2.05, 4.69) is 11.9 Å². The predicted octanol–water partition coefficient (Wildman–Crippen LogP) is 1.02. The van der Waals surface area contributed by atoms with Crippen molar-refractivity contribution in [3.63, 3.8) is 0 Å². The molecule has 1 rings (SSSR count). The summed E-state index contributed by atoms with van der Waals surface area (Å²) in [5.74, 6) is -2.28. The van der Waals surface area contributed by atoms with Crippen LogP contribution in [0.15, 0.2) is 12.7 Å². The highest BCUT2D eigenvalue weighted by Crippen LogP contribution is 2.28. The third-order valence-electron chi connectivity index (χ3n) is 4.16. The Labute approximate surface area is 176 Å². The first-order chi connectivity index (χ1) is 14.1. The highest BCUT2D eigenvalue weighted by atomic mass is 16.7. The number of hydrogen-bond acceptors (Lipinski definition) is 9. The SMILES string of the molecule is C=CCCCCO[C@@H]1OC(COC(C)=O)[C@@H](OC(C)=O)C(OC(C)=O)[C@@H]1NC(C)=O. The van der Waals surface area contributed by atoms with E-state index < -0.39 is 54.5 Å². The molecule has 1 heterocycles. The molecule has 10 nitrogen and oxygen atoms in total. The number of carbonyl (C=O) groups excluding carboxylic acids is 4. The molecule has 1 fully saturated rings. The van der Waals surface area contributed by atoms with E-state index in [1.54, 1.807) is 6.08 Å². The summed E-state index contributed by atoms with van der Waals surface area (Å²) in [6.07, 6.45) is -0.0397. The highest BCUT2D eigenvalue weighted by Gasteiger charge is 2.51. The van der Waals surface area contributed by atoms with Gasteiger partial charge >= 0.3 is 17.9 Å². The fourth-order valence-corrected chi connectivity index (χ4v) is 3.02. The predicted molar refractivity (Wildman–Crippen MR) is 104 cm³/mol. The molecule has 0 radical (unpaired) electrons. The largest absolute Gasteiger partial charge is 0.463 e. The molecule has 0 aliphatic carbocycles. The lowest BCUT2D eigenvalue weighted by Gasteiger charge is -2.44. The van der Waals surface area contributed by atoms with Gasteiger partial charge in [-0.3, -0.25) is 19.2 Å². The molecular weight excluding hydrogens is 398 g/mol. The average molecular weight is 429 g/mol. The molecule has 1 aliphatic rings. The second-order valence-corrected chi connectivity index (χ2v) is 6.88. The van der Waals surface area contributed by atoms with Gasteiger partial charge in [-0.25, -0.2) is 0 Å². The van der Waals surface area contributed by atoms with Gasteiger partial charge in [0.05, 0.1) is 0 Å². The van der Waals surface area contributed by atoms with Gasteiger partial charge < -0.3 is 29.0 Å². The number of ether oxygens (including phenoxy) is 5. The lowest BCUT2D eigenvalue weighted by molar-refractivity contribution is -0.277. The second kappa shape index (κ2) is 13.0. The number of esters is 3. The Morgan fingerprint density at radius 1 is 0.967 bits per heavy atom. The summed E-state index contributed by atoms with van der Waals surface area (Å²) in [7, 11) is 0. The van der Waals surface area contributed by atoms with Gasteiger partial charge in [0, 0.05) is 34.3 Å². The molecule has 1 N–H and O–H groups in total. The summed E-state index contributed by atoms with van der Waals surface area (Å²) in [5, 5.41) is 2.65. The molecule has 1 aliphatic heterocycles. The van der Waals surface area contributed by atoms with Crippen LogP contribution < -0.4 is 5.32 Å². The molecular formula is C20H31NO9. The van der Waals surface area contributed by atoms with Crippen LogP contribution in [-0.2, 0) is 42.9 Å². The van der Waals surface area contributed by atoms with Gasteiger partial charge in [0.25, 0.3) is 0 Å². The van der Waals surface area contributed by atoms with E-state index in [0.717, 1.165) is 12.8 Å². The molecule has 10 heteroatoms. The molecule has 2 unspecified atom stereocenters. The molecule has 30 heavy (non-hydrogen) atoms. The summed E-state index contributed by atoms with van der Waals surface area (Å²) in [6.45, 7) is 8.60. The van der Waals surface area contributed by atoms with Gasteiger partial charge in [-0.05, 0) is 19.3 Å². The van der Waals surface area contributed by atoms with E-state index in [-0.39, 0.29) is 6.61 Å². The maximum atomic E-state index is 11.8. The fourth-order valence-electron chi connectivity index (χ4n) is 3.02. The zero-order valence-electron chi connectivity index (χ0n) is 17.9. The molecule has 0 aromatic heterocycles. The zero-order chi connectivity index (χ0) is 22.7. The number of nitrogens with one attached hydrogen (secondary N) is 1. The molecule has 0 aromatic rings. The Kier molecular flexibility index (Phi) is 11.1.